The van der Waals surface area contributed by atoms with E-state index in [-0.39, 0.29) is 0 Å². The van der Waals surface area contributed by atoms with E-state index in [0.29, 0.717) is 0 Å². The largest absolute Gasteiger partial charge is 0.456 e. The summed E-state index contributed by atoms with van der Waals surface area (Å²) in [5, 5.41) is 7.96. The highest BCUT2D eigenvalue weighted by atomic mass is 35.5. The SMILES string of the molecule is Clc1ccc2c(c1)c1cc(-c3ccc4c(c3)oc3ccccc34)ccc1n2-c1ccc2c(c1)sc1ccccc12. The molecule has 0 saturated heterocycles. The van der Waals surface area contributed by atoms with Crippen LogP contribution in [0.1, 0.15) is 0 Å². The van der Waals surface area contributed by atoms with E-state index in [9.17, 15) is 0 Å². The second-order valence-electron chi connectivity index (χ2n) is 10.3. The molecule has 3 heterocycles. The van der Waals surface area contributed by atoms with E-state index in [1.807, 2.05) is 29.5 Å². The van der Waals surface area contributed by atoms with E-state index >= 15 is 0 Å². The maximum Gasteiger partial charge on any atom is 0.136 e. The van der Waals surface area contributed by atoms with Crippen molar-refractivity contribution in [1.29, 1.82) is 0 Å². The van der Waals surface area contributed by atoms with E-state index in [0.717, 1.165) is 60.2 Å². The predicted molar refractivity (Wildman–Crippen MR) is 171 cm³/mol. The lowest BCUT2D eigenvalue weighted by atomic mass is 10.0. The molecule has 6 aromatic carbocycles. The molecule has 9 aromatic rings. The number of para-hydroxylation sites is 1. The van der Waals surface area contributed by atoms with Crippen LogP contribution in [0.3, 0.4) is 0 Å². The molecule has 0 bridgehead atoms. The Balaban J connectivity index is 1.27. The number of aromatic nitrogens is 1. The molecular weight excluding hydrogens is 530 g/mol. The van der Waals surface area contributed by atoms with Gasteiger partial charge in [-0.15, -0.1) is 11.3 Å². The molecule has 0 saturated carbocycles. The lowest BCUT2D eigenvalue weighted by Gasteiger charge is -2.09. The summed E-state index contributed by atoms with van der Waals surface area (Å²) in [6.45, 7) is 0. The third-order valence-corrected chi connectivity index (χ3v) is 9.43. The van der Waals surface area contributed by atoms with Gasteiger partial charge in [0.2, 0.25) is 0 Å². The summed E-state index contributed by atoms with van der Waals surface area (Å²) < 4.78 is 11.1. The second kappa shape index (κ2) is 8.22. The van der Waals surface area contributed by atoms with Crippen molar-refractivity contribution in [1.82, 2.24) is 4.57 Å². The number of benzene rings is 6. The normalized spacial score (nSPS) is 12.1. The minimum Gasteiger partial charge on any atom is -0.456 e. The number of furan rings is 1. The Morgan fingerprint density at radius 1 is 0.500 bits per heavy atom. The number of rotatable bonds is 2. The predicted octanol–water partition coefficient (Wildman–Crippen LogP) is 11.4. The maximum absolute atomic E-state index is 6.54. The molecule has 0 N–H and O–H groups in total. The van der Waals surface area contributed by atoms with Gasteiger partial charge in [0, 0.05) is 52.4 Å². The first kappa shape index (κ1) is 22.3. The number of thiophene rings is 1. The molecule has 0 unspecified atom stereocenters. The smallest absolute Gasteiger partial charge is 0.136 e. The van der Waals surface area contributed by atoms with Gasteiger partial charge in [0.15, 0.2) is 0 Å². The van der Waals surface area contributed by atoms with Crippen molar-refractivity contribution in [3.63, 3.8) is 0 Å². The molecule has 188 valence electrons. The zero-order chi connectivity index (χ0) is 26.4. The van der Waals surface area contributed by atoms with E-state index in [1.54, 1.807) is 0 Å². The quantitative estimate of drug-likeness (QED) is 0.210. The van der Waals surface area contributed by atoms with Crippen molar-refractivity contribution in [2.75, 3.05) is 0 Å². The van der Waals surface area contributed by atoms with E-state index in [4.69, 9.17) is 16.0 Å². The Bertz CT molecular complexity index is 2460. The van der Waals surface area contributed by atoms with Gasteiger partial charge in [-0.05, 0) is 77.9 Å². The topological polar surface area (TPSA) is 18.1 Å². The average molecular weight is 550 g/mol. The zero-order valence-electron chi connectivity index (χ0n) is 21.2. The number of halogens is 1. The molecule has 3 aromatic heterocycles. The lowest BCUT2D eigenvalue weighted by Crippen LogP contribution is -1.93. The van der Waals surface area contributed by atoms with Crippen LogP contribution >= 0.6 is 22.9 Å². The first-order chi connectivity index (χ1) is 19.7. The Kier molecular flexibility index (Phi) is 4.57. The fourth-order valence-corrected chi connectivity index (χ4v) is 7.52. The van der Waals surface area contributed by atoms with E-state index in [2.05, 4.69) is 108 Å². The molecule has 4 heteroatoms. The van der Waals surface area contributed by atoms with Gasteiger partial charge in [-0.1, -0.05) is 66.2 Å². The van der Waals surface area contributed by atoms with Gasteiger partial charge in [0.1, 0.15) is 11.2 Å². The number of hydrogen-bond acceptors (Lipinski definition) is 2. The van der Waals surface area contributed by atoms with Gasteiger partial charge < -0.3 is 8.98 Å². The molecule has 0 spiro atoms. The molecule has 0 atom stereocenters. The molecule has 0 aliphatic heterocycles. The highest BCUT2D eigenvalue weighted by Gasteiger charge is 2.16. The third kappa shape index (κ3) is 3.16. The molecule has 40 heavy (non-hydrogen) atoms. The van der Waals surface area contributed by atoms with Crippen LogP contribution in [0, 0.1) is 0 Å². The standard InChI is InChI=1S/C36H20ClNOS/c37-23-11-16-32-30(19-23)29-17-21(22-9-13-26-25-5-1-3-7-33(25)39-34(26)18-22)10-15-31(29)38(32)24-12-14-28-27-6-2-4-8-35(27)40-36(28)20-24/h1-20H. The van der Waals surface area contributed by atoms with E-state index in [1.165, 1.54) is 25.6 Å². The van der Waals surface area contributed by atoms with Crippen molar-refractivity contribution in [2.24, 2.45) is 0 Å². The molecule has 9 rings (SSSR count). The average Bonchev–Trinajstić information content (AvgIpc) is 3.65. The summed E-state index contributed by atoms with van der Waals surface area (Å²) >= 11 is 8.38. The highest BCUT2D eigenvalue weighted by molar-refractivity contribution is 7.25. The number of hydrogen-bond donors (Lipinski definition) is 0. The molecule has 0 radical (unpaired) electrons. The van der Waals surface area contributed by atoms with Crippen LogP contribution in [-0.4, -0.2) is 4.57 Å². The van der Waals surface area contributed by atoms with Crippen molar-refractivity contribution in [2.45, 2.75) is 0 Å². The Morgan fingerprint density at radius 2 is 1.18 bits per heavy atom. The van der Waals surface area contributed by atoms with Crippen LogP contribution in [0.15, 0.2) is 126 Å². The van der Waals surface area contributed by atoms with Gasteiger partial charge >= 0.3 is 0 Å². The van der Waals surface area contributed by atoms with Crippen LogP contribution < -0.4 is 0 Å². The fraction of sp³-hybridized carbons (Fsp3) is 0. The Labute approximate surface area is 238 Å². The molecule has 2 nitrogen and oxygen atoms in total. The van der Waals surface area contributed by atoms with Crippen LogP contribution in [0.5, 0.6) is 0 Å². The van der Waals surface area contributed by atoms with Crippen LogP contribution in [0.25, 0.3) is 80.7 Å². The van der Waals surface area contributed by atoms with Gasteiger partial charge in [0.25, 0.3) is 0 Å². The Morgan fingerprint density at radius 3 is 2.10 bits per heavy atom. The van der Waals surface area contributed by atoms with Crippen molar-refractivity contribution >= 4 is 86.9 Å². The minimum atomic E-state index is 0.737. The van der Waals surface area contributed by atoms with E-state index < -0.39 is 0 Å². The van der Waals surface area contributed by atoms with Gasteiger partial charge in [-0.25, -0.2) is 0 Å². The van der Waals surface area contributed by atoms with Crippen LogP contribution in [-0.2, 0) is 0 Å². The highest BCUT2D eigenvalue weighted by Crippen LogP contribution is 2.40. The third-order valence-electron chi connectivity index (χ3n) is 8.06. The number of nitrogens with zero attached hydrogens (tertiary/aromatic N) is 1. The fourth-order valence-electron chi connectivity index (χ4n) is 6.21. The molecule has 0 aliphatic carbocycles. The van der Waals surface area contributed by atoms with Gasteiger partial charge in [0.05, 0.1) is 11.0 Å². The van der Waals surface area contributed by atoms with Gasteiger partial charge in [-0.3, -0.25) is 0 Å². The minimum absolute atomic E-state index is 0.737. The maximum atomic E-state index is 6.54. The lowest BCUT2D eigenvalue weighted by molar-refractivity contribution is 0.669. The molecule has 0 aliphatic rings. The summed E-state index contributed by atoms with van der Waals surface area (Å²) in [4.78, 5) is 0. The summed E-state index contributed by atoms with van der Waals surface area (Å²) in [5.41, 5.74) is 7.55. The molecule has 0 amide bonds. The van der Waals surface area contributed by atoms with Crippen molar-refractivity contribution in [3.8, 4) is 16.8 Å². The first-order valence-corrected chi connectivity index (χ1v) is 14.5. The van der Waals surface area contributed by atoms with Crippen LogP contribution in [0.2, 0.25) is 5.02 Å². The van der Waals surface area contributed by atoms with Crippen LogP contribution in [0.4, 0.5) is 0 Å². The summed E-state index contributed by atoms with van der Waals surface area (Å²) in [7, 11) is 0. The van der Waals surface area contributed by atoms with Gasteiger partial charge in [-0.2, -0.15) is 0 Å². The van der Waals surface area contributed by atoms with Crippen molar-refractivity contribution < 1.29 is 4.42 Å². The summed E-state index contributed by atoms with van der Waals surface area (Å²) in [5.74, 6) is 0. The summed E-state index contributed by atoms with van der Waals surface area (Å²) in [6.07, 6.45) is 0. The monoisotopic (exact) mass is 549 g/mol. The zero-order valence-corrected chi connectivity index (χ0v) is 22.8. The molecule has 0 fully saturated rings. The Hall–Kier alpha value is -4.57. The van der Waals surface area contributed by atoms with Crippen molar-refractivity contribution in [3.05, 3.63) is 126 Å². The summed E-state index contributed by atoms with van der Waals surface area (Å²) in [6, 6.07) is 43.1. The second-order valence-corrected chi connectivity index (χ2v) is 11.8. The number of fused-ring (bicyclic) bond motifs is 9. The first-order valence-electron chi connectivity index (χ1n) is 13.3. The molecular formula is C36H20ClNOS.